The molecule has 1 N–H and O–H groups in total. The van der Waals surface area contributed by atoms with Gasteiger partial charge >= 0.3 is 0 Å². The van der Waals surface area contributed by atoms with E-state index < -0.39 is 23.6 Å². The Morgan fingerprint density at radius 3 is 2.75 bits per heavy atom. The Kier molecular flexibility index (Phi) is 4.79. The number of carbonyl (C=O) groups excluding carboxylic acids is 1. The van der Waals surface area contributed by atoms with Gasteiger partial charge in [0.15, 0.2) is 6.10 Å². The Morgan fingerprint density at radius 2 is 1.96 bits per heavy atom. The number of fused-ring (bicyclic) bond motifs is 1. The predicted molar refractivity (Wildman–Crippen MR) is 88.2 cm³/mol. The number of hydrogen-bond acceptors (Lipinski definition) is 2. The van der Waals surface area contributed by atoms with Gasteiger partial charge in [-0.1, -0.05) is 12.1 Å². The maximum atomic E-state index is 13.6. The summed E-state index contributed by atoms with van der Waals surface area (Å²) >= 11 is 0. The van der Waals surface area contributed by atoms with Crippen molar-refractivity contribution in [3.8, 4) is 5.75 Å². The van der Waals surface area contributed by atoms with Crippen molar-refractivity contribution < 1.29 is 18.3 Å². The minimum Gasteiger partial charge on any atom is -0.481 e. The van der Waals surface area contributed by atoms with Crippen LogP contribution < -0.4 is 10.1 Å². The first-order valence-corrected chi connectivity index (χ1v) is 8.08. The largest absolute Gasteiger partial charge is 0.481 e. The molecule has 0 bridgehead atoms. The summed E-state index contributed by atoms with van der Waals surface area (Å²) < 4.78 is 32.3. The number of hydrogen-bond donors (Lipinski definition) is 1. The Hall–Kier alpha value is -2.43. The zero-order valence-electron chi connectivity index (χ0n) is 13.4. The van der Waals surface area contributed by atoms with Crippen LogP contribution in [0.1, 0.15) is 30.9 Å². The molecule has 3 rings (SSSR count). The van der Waals surface area contributed by atoms with Gasteiger partial charge in [0.05, 0.1) is 5.69 Å². The molecule has 1 amide bonds. The van der Waals surface area contributed by atoms with E-state index in [4.69, 9.17) is 4.74 Å². The number of amides is 1. The lowest BCUT2D eigenvalue weighted by molar-refractivity contribution is -0.122. The molecule has 0 aliphatic heterocycles. The summed E-state index contributed by atoms with van der Waals surface area (Å²) in [6.07, 6.45) is 3.44. The lowest BCUT2D eigenvalue weighted by Crippen LogP contribution is -2.31. The fourth-order valence-corrected chi connectivity index (χ4v) is 2.93. The van der Waals surface area contributed by atoms with E-state index in [0.717, 1.165) is 43.4 Å². The second-order valence-electron chi connectivity index (χ2n) is 5.97. The molecular formula is C19H19F2NO2. The monoisotopic (exact) mass is 331 g/mol. The van der Waals surface area contributed by atoms with Gasteiger partial charge in [0.2, 0.25) is 0 Å². The van der Waals surface area contributed by atoms with Crippen molar-refractivity contribution in [1.82, 2.24) is 0 Å². The van der Waals surface area contributed by atoms with Gasteiger partial charge < -0.3 is 10.1 Å². The molecule has 0 spiro atoms. The Bertz CT molecular complexity index is 761. The topological polar surface area (TPSA) is 38.3 Å². The van der Waals surface area contributed by atoms with E-state index in [2.05, 4.69) is 11.4 Å². The third-order valence-corrected chi connectivity index (χ3v) is 4.21. The van der Waals surface area contributed by atoms with E-state index in [1.807, 2.05) is 12.1 Å². The highest BCUT2D eigenvalue weighted by molar-refractivity contribution is 5.94. The van der Waals surface area contributed by atoms with Crippen LogP contribution >= 0.6 is 0 Å². The highest BCUT2D eigenvalue weighted by atomic mass is 19.1. The molecule has 24 heavy (non-hydrogen) atoms. The SMILES string of the molecule is C[C@@H](Oc1cccc2c1CCCC2)C(=O)Nc1ccc(F)cc1F. The number of carbonyl (C=O) groups is 1. The highest BCUT2D eigenvalue weighted by Gasteiger charge is 2.20. The first-order valence-electron chi connectivity index (χ1n) is 8.08. The highest BCUT2D eigenvalue weighted by Crippen LogP contribution is 2.30. The van der Waals surface area contributed by atoms with Gasteiger partial charge in [-0.05, 0) is 61.9 Å². The Morgan fingerprint density at radius 1 is 1.17 bits per heavy atom. The average Bonchev–Trinajstić information content (AvgIpc) is 2.57. The molecule has 1 aliphatic carbocycles. The molecule has 0 saturated heterocycles. The van der Waals surface area contributed by atoms with Gasteiger partial charge in [0.1, 0.15) is 17.4 Å². The van der Waals surface area contributed by atoms with Gasteiger partial charge in [-0.2, -0.15) is 0 Å². The zero-order valence-corrected chi connectivity index (χ0v) is 13.4. The zero-order chi connectivity index (χ0) is 17.1. The number of anilines is 1. The Labute approximate surface area is 139 Å². The minimum absolute atomic E-state index is 0.0630. The van der Waals surface area contributed by atoms with Crippen molar-refractivity contribution in [2.45, 2.75) is 38.7 Å². The third kappa shape index (κ3) is 3.55. The first kappa shape index (κ1) is 16.4. The quantitative estimate of drug-likeness (QED) is 0.909. The summed E-state index contributed by atoms with van der Waals surface area (Å²) in [4.78, 5) is 12.2. The molecule has 0 fully saturated rings. The van der Waals surface area contributed by atoms with Crippen LogP contribution in [0.25, 0.3) is 0 Å². The van der Waals surface area contributed by atoms with Crippen LogP contribution in [0, 0.1) is 11.6 Å². The molecule has 3 nitrogen and oxygen atoms in total. The van der Waals surface area contributed by atoms with Crippen molar-refractivity contribution in [2.24, 2.45) is 0 Å². The number of rotatable bonds is 4. The van der Waals surface area contributed by atoms with Crippen molar-refractivity contribution in [2.75, 3.05) is 5.32 Å². The molecular weight excluding hydrogens is 312 g/mol. The number of aryl methyl sites for hydroxylation is 1. The molecule has 0 heterocycles. The fourth-order valence-electron chi connectivity index (χ4n) is 2.93. The van der Waals surface area contributed by atoms with Crippen LogP contribution in [0.2, 0.25) is 0 Å². The standard InChI is InChI=1S/C19H19F2NO2/c1-12(19(23)22-17-10-9-14(20)11-16(17)21)24-18-8-4-6-13-5-2-3-7-15(13)18/h4,6,8-12H,2-3,5,7H2,1H3,(H,22,23)/t12-/m1/s1. The van der Waals surface area contributed by atoms with Gasteiger partial charge in [-0.15, -0.1) is 0 Å². The summed E-state index contributed by atoms with van der Waals surface area (Å²) in [6.45, 7) is 1.61. The number of nitrogens with one attached hydrogen (secondary N) is 1. The summed E-state index contributed by atoms with van der Waals surface area (Å²) in [5.74, 6) is -1.28. The van der Waals surface area contributed by atoms with Crippen LogP contribution in [0.5, 0.6) is 5.75 Å². The lowest BCUT2D eigenvalue weighted by Gasteiger charge is -2.22. The van der Waals surface area contributed by atoms with Crippen LogP contribution in [0.3, 0.4) is 0 Å². The van der Waals surface area contributed by atoms with Crippen LogP contribution in [0.4, 0.5) is 14.5 Å². The smallest absolute Gasteiger partial charge is 0.265 e. The van der Waals surface area contributed by atoms with E-state index in [9.17, 15) is 13.6 Å². The predicted octanol–water partition coefficient (Wildman–Crippen LogP) is 4.25. The van der Waals surface area contributed by atoms with Crippen LogP contribution in [0.15, 0.2) is 36.4 Å². The Balaban J connectivity index is 1.71. The van der Waals surface area contributed by atoms with E-state index in [1.54, 1.807) is 6.92 Å². The van der Waals surface area contributed by atoms with Gasteiger partial charge in [0, 0.05) is 6.07 Å². The molecule has 1 aliphatic rings. The van der Waals surface area contributed by atoms with E-state index in [1.165, 1.54) is 11.6 Å². The van der Waals surface area contributed by atoms with Crippen molar-refractivity contribution in [3.63, 3.8) is 0 Å². The van der Waals surface area contributed by atoms with E-state index >= 15 is 0 Å². The minimum atomic E-state index is -0.812. The first-order chi connectivity index (χ1) is 11.5. The molecule has 0 aromatic heterocycles. The van der Waals surface area contributed by atoms with Gasteiger partial charge in [-0.25, -0.2) is 8.78 Å². The van der Waals surface area contributed by atoms with Gasteiger partial charge in [0.25, 0.3) is 5.91 Å². The van der Waals surface area contributed by atoms with E-state index in [-0.39, 0.29) is 5.69 Å². The summed E-state index contributed by atoms with van der Waals surface area (Å²) in [6, 6.07) is 8.88. The third-order valence-electron chi connectivity index (χ3n) is 4.21. The normalized spacial score (nSPS) is 14.6. The fraction of sp³-hybridized carbons (Fsp3) is 0.316. The van der Waals surface area contributed by atoms with Gasteiger partial charge in [-0.3, -0.25) is 4.79 Å². The lowest BCUT2D eigenvalue weighted by atomic mass is 9.91. The van der Waals surface area contributed by atoms with Crippen molar-refractivity contribution >= 4 is 11.6 Å². The summed E-state index contributed by atoms with van der Waals surface area (Å²) in [7, 11) is 0. The average molecular weight is 331 g/mol. The van der Waals surface area contributed by atoms with Crippen molar-refractivity contribution in [1.29, 1.82) is 0 Å². The molecule has 2 aromatic rings. The summed E-state index contributed by atoms with van der Waals surface area (Å²) in [5, 5.41) is 2.43. The second kappa shape index (κ2) is 6.99. The van der Waals surface area contributed by atoms with Crippen molar-refractivity contribution in [3.05, 3.63) is 59.2 Å². The second-order valence-corrected chi connectivity index (χ2v) is 5.97. The molecule has 0 radical (unpaired) electrons. The molecule has 0 saturated carbocycles. The molecule has 5 heteroatoms. The molecule has 0 unspecified atom stereocenters. The number of ether oxygens (including phenoxy) is 1. The molecule has 1 atom stereocenters. The van der Waals surface area contributed by atoms with Crippen LogP contribution in [-0.2, 0) is 17.6 Å². The maximum absolute atomic E-state index is 13.6. The number of halogens is 2. The molecule has 126 valence electrons. The molecule has 2 aromatic carbocycles. The summed E-state index contributed by atoms with van der Waals surface area (Å²) in [5.41, 5.74) is 2.35. The van der Waals surface area contributed by atoms with E-state index in [0.29, 0.717) is 5.75 Å². The van der Waals surface area contributed by atoms with Crippen LogP contribution in [-0.4, -0.2) is 12.0 Å². The maximum Gasteiger partial charge on any atom is 0.265 e. The number of benzene rings is 2.